The number of hydrogen-bond acceptors (Lipinski definition) is 2. The maximum Gasteiger partial charge on any atom is 0.239 e. The molecule has 0 aliphatic rings. The van der Waals surface area contributed by atoms with Crippen LogP contribution in [0.3, 0.4) is 0 Å². The monoisotopic (exact) mass is 252 g/mol. The van der Waals surface area contributed by atoms with Crippen molar-refractivity contribution in [2.45, 2.75) is 33.4 Å². The minimum atomic E-state index is -0.236. The fourth-order valence-electron chi connectivity index (χ4n) is 1.66. The number of halogens is 1. The summed E-state index contributed by atoms with van der Waals surface area (Å²) in [5.41, 5.74) is 1.60. The molecule has 0 aliphatic heterocycles. The zero-order chi connectivity index (χ0) is 13.7. The van der Waals surface area contributed by atoms with Gasteiger partial charge in [-0.2, -0.15) is 0 Å². The van der Waals surface area contributed by atoms with E-state index in [0.29, 0.717) is 18.7 Å². The van der Waals surface area contributed by atoms with Gasteiger partial charge in [-0.1, -0.05) is 12.1 Å². The van der Waals surface area contributed by atoms with Gasteiger partial charge < -0.3 is 10.2 Å². The van der Waals surface area contributed by atoms with Crippen molar-refractivity contribution in [2.24, 2.45) is 0 Å². The van der Waals surface area contributed by atoms with E-state index in [4.69, 9.17) is 0 Å². The summed E-state index contributed by atoms with van der Waals surface area (Å²) < 4.78 is 13.1. The minimum Gasteiger partial charge on any atom is -0.345 e. The van der Waals surface area contributed by atoms with E-state index in [-0.39, 0.29) is 17.8 Å². The van der Waals surface area contributed by atoms with Gasteiger partial charge in [0, 0.05) is 20.1 Å². The number of carbonyl (C=O) groups excluding carboxylic acids is 1. The number of rotatable bonds is 5. The molecule has 18 heavy (non-hydrogen) atoms. The van der Waals surface area contributed by atoms with Crippen LogP contribution in [0.4, 0.5) is 4.39 Å². The van der Waals surface area contributed by atoms with Gasteiger partial charge in [-0.15, -0.1) is 0 Å². The van der Waals surface area contributed by atoms with Gasteiger partial charge in [0.25, 0.3) is 0 Å². The third kappa shape index (κ3) is 3.81. The second kappa shape index (κ2) is 6.50. The van der Waals surface area contributed by atoms with Crippen molar-refractivity contribution in [3.05, 3.63) is 35.1 Å². The van der Waals surface area contributed by atoms with E-state index in [0.717, 1.165) is 5.56 Å². The van der Waals surface area contributed by atoms with Gasteiger partial charge in [0.2, 0.25) is 5.91 Å². The van der Waals surface area contributed by atoms with Gasteiger partial charge in [0.1, 0.15) is 5.82 Å². The molecule has 4 heteroatoms. The molecule has 1 aromatic rings. The second-order valence-corrected chi connectivity index (χ2v) is 4.54. The zero-order valence-corrected chi connectivity index (χ0v) is 11.5. The molecule has 1 atom stereocenters. The highest BCUT2D eigenvalue weighted by Crippen LogP contribution is 2.09. The van der Waals surface area contributed by atoms with Gasteiger partial charge in [-0.3, -0.25) is 4.79 Å². The first kappa shape index (κ1) is 14.6. The van der Waals surface area contributed by atoms with Crippen molar-refractivity contribution in [1.29, 1.82) is 0 Å². The lowest BCUT2D eigenvalue weighted by molar-refractivity contribution is -0.131. The average molecular weight is 252 g/mol. The van der Waals surface area contributed by atoms with E-state index in [1.807, 2.05) is 13.8 Å². The molecule has 1 rings (SSSR count). The third-order valence-corrected chi connectivity index (χ3v) is 3.06. The molecule has 100 valence electrons. The van der Waals surface area contributed by atoms with Crippen molar-refractivity contribution in [3.63, 3.8) is 0 Å². The molecular weight excluding hydrogens is 231 g/mol. The van der Waals surface area contributed by atoms with E-state index in [1.165, 1.54) is 6.07 Å². The number of nitrogens with zero attached hydrogens (tertiary/aromatic N) is 1. The van der Waals surface area contributed by atoms with Crippen LogP contribution in [-0.4, -0.2) is 30.4 Å². The Kier molecular flexibility index (Phi) is 5.28. The van der Waals surface area contributed by atoms with E-state index in [9.17, 15) is 9.18 Å². The van der Waals surface area contributed by atoms with E-state index >= 15 is 0 Å². The molecule has 1 unspecified atom stereocenters. The zero-order valence-electron chi connectivity index (χ0n) is 11.5. The standard InChI is InChI=1S/C14H21FN2O/c1-5-17(4)14(18)11(3)16-9-12-6-7-13(15)10(2)8-12/h6-8,11,16H,5,9H2,1-4H3. The number of likely N-dealkylation sites (N-methyl/N-ethyl adjacent to an activating group) is 1. The SMILES string of the molecule is CCN(C)C(=O)C(C)NCc1ccc(F)c(C)c1. The molecule has 1 N–H and O–H groups in total. The number of aryl methyl sites for hydroxylation is 1. The Labute approximate surface area is 108 Å². The summed E-state index contributed by atoms with van der Waals surface area (Å²) in [7, 11) is 1.78. The second-order valence-electron chi connectivity index (χ2n) is 4.54. The summed E-state index contributed by atoms with van der Waals surface area (Å²) in [6.07, 6.45) is 0. The van der Waals surface area contributed by atoms with Gasteiger partial charge in [-0.05, 0) is 38.0 Å². The molecule has 0 saturated carbocycles. The van der Waals surface area contributed by atoms with Crippen LogP contribution in [-0.2, 0) is 11.3 Å². The highest BCUT2D eigenvalue weighted by atomic mass is 19.1. The van der Waals surface area contributed by atoms with Crippen molar-refractivity contribution in [1.82, 2.24) is 10.2 Å². The summed E-state index contributed by atoms with van der Waals surface area (Å²) >= 11 is 0. The van der Waals surface area contributed by atoms with Crippen LogP contribution in [0.1, 0.15) is 25.0 Å². The normalized spacial score (nSPS) is 12.3. The fraction of sp³-hybridized carbons (Fsp3) is 0.500. The maximum absolute atomic E-state index is 13.1. The van der Waals surface area contributed by atoms with E-state index < -0.39 is 0 Å². The van der Waals surface area contributed by atoms with Gasteiger partial charge in [0.15, 0.2) is 0 Å². The molecular formula is C14H21FN2O. The molecule has 0 aliphatic carbocycles. The average Bonchev–Trinajstić information content (AvgIpc) is 2.37. The predicted molar refractivity (Wildman–Crippen MR) is 70.7 cm³/mol. The molecule has 0 aromatic heterocycles. The first-order chi connectivity index (χ1) is 8.45. The lowest BCUT2D eigenvalue weighted by Crippen LogP contribution is -2.42. The number of benzene rings is 1. The summed E-state index contributed by atoms with van der Waals surface area (Å²) in [6.45, 7) is 6.77. The molecule has 0 heterocycles. The molecule has 3 nitrogen and oxygen atoms in total. The highest BCUT2D eigenvalue weighted by molar-refractivity contribution is 5.81. The Morgan fingerprint density at radius 3 is 2.72 bits per heavy atom. The molecule has 0 saturated heterocycles. The van der Waals surface area contributed by atoms with Gasteiger partial charge in [0.05, 0.1) is 6.04 Å². The molecule has 0 spiro atoms. The molecule has 1 amide bonds. The Morgan fingerprint density at radius 1 is 1.50 bits per heavy atom. The first-order valence-corrected chi connectivity index (χ1v) is 6.19. The third-order valence-electron chi connectivity index (χ3n) is 3.06. The Balaban J connectivity index is 2.54. The predicted octanol–water partition coefficient (Wildman–Crippen LogP) is 2.09. The quantitative estimate of drug-likeness (QED) is 0.870. The van der Waals surface area contributed by atoms with Crippen LogP contribution in [0.25, 0.3) is 0 Å². The Morgan fingerprint density at radius 2 is 2.17 bits per heavy atom. The van der Waals surface area contributed by atoms with Crippen molar-refractivity contribution in [3.8, 4) is 0 Å². The number of amides is 1. The number of nitrogens with one attached hydrogen (secondary N) is 1. The fourth-order valence-corrected chi connectivity index (χ4v) is 1.66. The topological polar surface area (TPSA) is 32.3 Å². The Bertz CT molecular complexity index is 420. The van der Waals surface area contributed by atoms with Crippen LogP contribution in [0.5, 0.6) is 0 Å². The number of hydrogen-bond donors (Lipinski definition) is 1. The largest absolute Gasteiger partial charge is 0.345 e. The van der Waals surface area contributed by atoms with Crippen molar-refractivity contribution >= 4 is 5.91 Å². The summed E-state index contributed by atoms with van der Waals surface area (Å²) in [4.78, 5) is 13.5. The lowest BCUT2D eigenvalue weighted by atomic mass is 10.1. The van der Waals surface area contributed by atoms with E-state index in [1.54, 1.807) is 31.0 Å². The van der Waals surface area contributed by atoms with Crippen molar-refractivity contribution < 1.29 is 9.18 Å². The number of carbonyl (C=O) groups is 1. The van der Waals surface area contributed by atoms with Crippen LogP contribution >= 0.6 is 0 Å². The molecule has 1 aromatic carbocycles. The van der Waals surface area contributed by atoms with Crippen LogP contribution in [0.2, 0.25) is 0 Å². The minimum absolute atomic E-state index is 0.0660. The van der Waals surface area contributed by atoms with Crippen LogP contribution < -0.4 is 5.32 Å². The summed E-state index contributed by atoms with van der Waals surface area (Å²) in [5.74, 6) is -0.134. The first-order valence-electron chi connectivity index (χ1n) is 6.19. The van der Waals surface area contributed by atoms with Crippen LogP contribution in [0.15, 0.2) is 18.2 Å². The molecule has 0 radical (unpaired) electrons. The van der Waals surface area contributed by atoms with Crippen LogP contribution in [0, 0.1) is 12.7 Å². The summed E-state index contributed by atoms with van der Waals surface area (Å²) in [6, 6.07) is 4.75. The van der Waals surface area contributed by atoms with Gasteiger partial charge >= 0.3 is 0 Å². The Hall–Kier alpha value is -1.42. The molecule has 0 bridgehead atoms. The molecule has 0 fully saturated rings. The smallest absolute Gasteiger partial charge is 0.239 e. The van der Waals surface area contributed by atoms with Gasteiger partial charge in [-0.25, -0.2) is 4.39 Å². The highest BCUT2D eigenvalue weighted by Gasteiger charge is 2.15. The van der Waals surface area contributed by atoms with Crippen molar-refractivity contribution in [2.75, 3.05) is 13.6 Å². The maximum atomic E-state index is 13.1. The summed E-state index contributed by atoms with van der Waals surface area (Å²) in [5, 5.41) is 3.15. The van der Waals surface area contributed by atoms with E-state index in [2.05, 4.69) is 5.32 Å². The lowest BCUT2D eigenvalue weighted by Gasteiger charge is -2.20.